The molecule has 1 heterocycles. The van der Waals surface area contributed by atoms with Gasteiger partial charge < -0.3 is 4.74 Å². The first-order valence-corrected chi connectivity index (χ1v) is 4.98. The molecular formula is C10H14N2O2. The highest BCUT2D eigenvalue weighted by atomic mass is 16.5. The number of nitrogens with one attached hydrogen (secondary N) is 1. The predicted molar refractivity (Wildman–Crippen MR) is 51.3 cm³/mol. The third-order valence-corrected chi connectivity index (χ3v) is 2.67. The van der Waals surface area contributed by atoms with Gasteiger partial charge in [-0.3, -0.25) is 5.10 Å². The van der Waals surface area contributed by atoms with Crippen molar-refractivity contribution in [3.63, 3.8) is 0 Å². The molecule has 1 N–H and O–H groups in total. The average molecular weight is 194 g/mol. The molecule has 0 saturated heterocycles. The highest BCUT2D eigenvalue weighted by Gasteiger charge is 2.28. The van der Waals surface area contributed by atoms with Crippen LogP contribution >= 0.6 is 0 Å². The summed E-state index contributed by atoms with van der Waals surface area (Å²) in [4.78, 5) is 11.5. The minimum Gasteiger partial charge on any atom is -0.461 e. The standard InChI is InChI=1S/C10H14N2O2/c1-3-14-10(13)9-8-6(2)4-5-7(8)11-12-9/h6H,3-5H2,1-2H3,(H,11,12)/t6-/m0/s1. The Labute approximate surface area is 82.7 Å². The number of fused-ring (bicyclic) bond motifs is 1. The quantitative estimate of drug-likeness (QED) is 0.728. The van der Waals surface area contributed by atoms with Gasteiger partial charge in [0.1, 0.15) is 0 Å². The van der Waals surface area contributed by atoms with Crippen LogP contribution in [0.1, 0.15) is 47.9 Å². The number of carbonyl (C=O) groups is 1. The molecule has 76 valence electrons. The van der Waals surface area contributed by atoms with Crippen molar-refractivity contribution in [1.29, 1.82) is 0 Å². The number of esters is 1. The summed E-state index contributed by atoms with van der Waals surface area (Å²) < 4.78 is 4.94. The fourth-order valence-electron chi connectivity index (χ4n) is 1.97. The van der Waals surface area contributed by atoms with Crippen molar-refractivity contribution in [2.45, 2.75) is 32.6 Å². The van der Waals surface area contributed by atoms with Crippen molar-refractivity contribution in [1.82, 2.24) is 10.2 Å². The average Bonchev–Trinajstić information content (AvgIpc) is 2.70. The van der Waals surface area contributed by atoms with Crippen LogP contribution in [0.5, 0.6) is 0 Å². The Hall–Kier alpha value is -1.32. The zero-order valence-corrected chi connectivity index (χ0v) is 8.46. The third kappa shape index (κ3) is 1.31. The molecule has 0 radical (unpaired) electrons. The number of H-pyrrole nitrogens is 1. The van der Waals surface area contributed by atoms with Gasteiger partial charge in [0.05, 0.1) is 6.61 Å². The summed E-state index contributed by atoms with van der Waals surface area (Å²) in [6.07, 6.45) is 2.08. The number of hydrogen-bond acceptors (Lipinski definition) is 3. The largest absolute Gasteiger partial charge is 0.461 e. The van der Waals surface area contributed by atoms with E-state index in [1.54, 1.807) is 6.92 Å². The van der Waals surface area contributed by atoms with Gasteiger partial charge in [0.2, 0.25) is 0 Å². The number of nitrogens with zero attached hydrogens (tertiary/aromatic N) is 1. The number of hydrogen-bond donors (Lipinski definition) is 1. The van der Waals surface area contributed by atoms with Crippen LogP contribution in [-0.4, -0.2) is 22.8 Å². The van der Waals surface area contributed by atoms with Gasteiger partial charge in [-0.2, -0.15) is 5.10 Å². The summed E-state index contributed by atoms with van der Waals surface area (Å²) in [7, 11) is 0. The lowest BCUT2D eigenvalue weighted by atomic mass is 10.0. The van der Waals surface area contributed by atoms with Crippen molar-refractivity contribution in [3.05, 3.63) is 17.0 Å². The predicted octanol–water partition coefficient (Wildman–Crippen LogP) is 1.64. The molecule has 1 aliphatic carbocycles. The first kappa shape index (κ1) is 9.24. The number of aromatic nitrogens is 2. The topological polar surface area (TPSA) is 55.0 Å². The highest BCUT2D eigenvalue weighted by Crippen LogP contribution is 2.33. The van der Waals surface area contributed by atoms with Crippen molar-refractivity contribution < 1.29 is 9.53 Å². The molecule has 1 aromatic rings. The van der Waals surface area contributed by atoms with Crippen LogP contribution in [0.15, 0.2) is 0 Å². The molecule has 1 aromatic heterocycles. The van der Waals surface area contributed by atoms with Crippen LogP contribution in [0, 0.1) is 0 Å². The molecule has 14 heavy (non-hydrogen) atoms. The van der Waals surface area contributed by atoms with Crippen molar-refractivity contribution in [2.75, 3.05) is 6.61 Å². The van der Waals surface area contributed by atoms with Crippen LogP contribution in [0.2, 0.25) is 0 Å². The second kappa shape index (κ2) is 3.44. The number of rotatable bonds is 2. The molecule has 0 bridgehead atoms. The highest BCUT2D eigenvalue weighted by molar-refractivity contribution is 5.89. The number of carbonyl (C=O) groups excluding carboxylic acids is 1. The molecule has 0 unspecified atom stereocenters. The Balaban J connectivity index is 2.31. The lowest BCUT2D eigenvalue weighted by Crippen LogP contribution is -2.08. The molecule has 0 aliphatic heterocycles. The smallest absolute Gasteiger partial charge is 0.359 e. The van der Waals surface area contributed by atoms with E-state index in [0.29, 0.717) is 18.2 Å². The minimum absolute atomic E-state index is 0.307. The van der Waals surface area contributed by atoms with E-state index < -0.39 is 0 Å². The van der Waals surface area contributed by atoms with Gasteiger partial charge in [0, 0.05) is 11.3 Å². The Morgan fingerprint density at radius 2 is 2.50 bits per heavy atom. The first-order valence-electron chi connectivity index (χ1n) is 4.98. The van der Waals surface area contributed by atoms with Gasteiger partial charge in [-0.1, -0.05) is 6.92 Å². The Kier molecular flexibility index (Phi) is 2.27. The van der Waals surface area contributed by atoms with E-state index in [1.165, 1.54) is 0 Å². The molecular weight excluding hydrogens is 180 g/mol. The van der Waals surface area contributed by atoms with Crippen LogP contribution in [-0.2, 0) is 11.2 Å². The van der Waals surface area contributed by atoms with Gasteiger partial charge in [-0.05, 0) is 25.7 Å². The van der Waals surface area contributed by atoms with E-state index in [1.807, 2.05) is 0 Å². The van der Waals surface area contributed by atoms with Crippen LogP contribution in [0.4, 0.5) is 0 Å². The maximum absolute atomic E-state index is 11.5. The monoisotopic (exact) mass is 194 g/mol. The number of ether oxygens (including phenoxy) is 1. The van der Waals surface area contributed by atoms with Crippen molar-refractivity contribution in [3.8, 4) is 0 Å². The number of aryl methyl sites for hydroxylation is 1. The van der Waals surface area contributed by atoms with Gasteiger partial charge in [-0.15, -0.1) is 0 Å². The molecule has 1 aliphatic rings. The summed E-state index contributed by atoms with van der Waals surface area (Å²) in [6.45, 7) is 4.31. The molecule has 0 aromatic carbocycles. The summed E-state index contributed by atoms with van der Waals surface area (Å²) in [5, 5.41) is 6.91. The SMILES string of the molecule is CCOC(=O)c1n[nH]c2c1[C@@H](C)CC2. The third-order valence-electron chi connectivity index (χ3n) is 2.67. The summed E-state index contributed by atoms with van der Waals surface area (Å²) >= 11 is 0. The van der Waals surface area contributed by atoms with E-state index >= 15 is 0 Å². The van der Waals surface area contributed by atoms with E-state index in [-0.39, 0.29) is 5.97 Å². The van der Waals surface area contributed by atoms with Crippen molar-refractivity contribution >= 4 is 5.97 Å². The van der Waals surface area contributed by atoms with Gasteiger partial charge in [0.15, 0.2) is 5.69 Å². The molecule has 4 heteroatoms. The van der Waals surface area contributed by atoms with Crippen LogP contribution in [0.25, 0.3) is 0 Å². The van der Waals surface area contributed by atoms with Crippen molar-refractivity contribution in [2.24, 2.45) is 0 Å². The second-order valence-corrected chi connectivity index (χ2v) is 3.62. The molecule has 0 spiro atoms. The molecule has 4 nitrogen and oxygen atoms in total. The Bertz CT molecular complexity index is 357. The molecule has 0 amide bonds. The zero-order chi connectivity index (χ0) is 10.1. The fourth-order valence-corrected chi connectivity index (χ4v) is 1.97. The van der Waals surface area contributed by atoms with E-state index in [0.717, 1.165) is 24.1 Å². The maximum atomic E-state index is 11.5. The Morgan fingerprint density at radius 3 is 3.21 bits per heavy atom. The molecule has 0 fully saturated rings. The summed E-state index contributed by atoms with van der Waals surface area (Å²) in [5.74, 6) is 0.113. The summed E-state index contributed by atoms with van der Waals surface area (Å²) in [6, 6.07) is 0. The minimum atomic E-state index is -0.307. The first-order chi connectivity index (χ1) is 6.74. The van der Waals surface area contributed by atoms with Crippen LogP contribution in [0.3, 0.4) is 0 Å². The van der Waals surface area contributed by atoms with Gasteiger partial charge in [-0.25, -0.2) is 4.79 Å². The maximum Gasteiger partial charge on any atom is 0.359 e. The van der Waals surface area contributed by atoms with Gasteiger partial charge >= 0.3 is 5.97 Å². The van der Waals surface area contributed by atoms with E-state index in [2.05, 4.69) is 17.1 Å². The lowest BCUT2D eigenvalue weighted by Gasteiger charge is -2.03. The normalized spacial score (nSPS) is 19.4. The Morgan fingerprint density at radius 1 is 1.71 bits per heavy atom. The van der Waals surface area contributed by atoms with E-state index in [9.17, 15) is 4.79 Å². The fraction of sp³-hybridized carbons (Fsp3) is 0.600. The number of aromatic amines is 1. The lowest BCUT2D eigenvalue weighted by molar-refractivity contribution is 0.0517. The van der Waals surface area contributed by atoms with E-state index in [4.69, 9.17) is 4.74 Å². The van der Waals surface area contributed by atoms with Gasteiger partial charge in [0.25, 0.3) is 0 Å². The second-order valence-electron chi connectivity index (χ2n) is 3.62. The molecule has 0 saturated carbocycles. The molecule has 2 rings (SSSR count). The van der Waals surface area contributed by atoms with Crippen LogP contribution < -0.4 is 0 Å². The summed E-state index contributed by atoms with van der Waals surface area (Å²) in [5.41, 5.74) is 2.64. The zero-order valence-electron chi connectivity index (χ0n) is 8.46. The molecule has 1 atom stereocenters.